The summed E-state index contributed by atoms with van der Waals surface area (Å²) in [7, 11) is 0. The van der Waals surface area contributed by atoms with Gasteiger partial charge in [0.05, 0.1) is 11.6 Å². The Morgan fingerprint density at radius 1 is 1.20 bits per heavy atom. The molecule has 5 heteroatoms. The van der Waals surface area contributed by atoms with Crippen LogP contribution in [0, 0.1) is 0 Å². The average molecular weight is 312 g/mol. The van der Waals surface area contributed by atoms with Gasteiger partial charge >= 0.3 is 0 Å². The molecule has 1 aromatic heterocycles. The summed E-state index contributed by atoms with van der Waals surface area (Å²) < 4.78 is 11.4. The van der Waals surface area contributed by atoms with E-state index in [1.165, 1.54) is 6.20 Å². The maximum Gasteiger partial charge on any atom is 0.219 e. The molecule has 0 fully saturated rings. The van der Waals surface area contributed by atoms with Crippen LogP contribution in [0.4, 0.5) is 0 Å². The van der Waals surface area contributed by atoms with Crippen molar-refractivity contribution >= 4 is 23.2 Å². The molecule has 0 aliphatic carbocycles. The molecule has 0 aliphatic rings. The van der Waals surface area contributed by atoms with Crippen LogP contribution in [0.3, 0.4) is 0 Å². The molecule has 3 nitrogen and oxygen atoms in total. The summed E-state index contributed by atoms with van der Waals surface area (Å²) in [6.45, 7) is 2.69. The van der Waals surface area contributed by atoms with Gasteiger partial charge in [-0.15, -0.1) is 11.6 Å². The van der Waals surface area contributed by atoms with Crippen molar-refractivity contribution in [2.75, 3.05) is 6.61 Å². The van der Waals surface area contributed by atoms with Gasteiger partial charge in [0.1, 0.15) is 0 Å². The lowest BCUT2D eigenvalue weighted by Crippen LogP contribution is -1.98. The number of alkyl halides is 1. The Balaban J connectivity index is 2.21. The van der Waals surface area contributed by atoms with Crippen LogP contribution in [0.25, 0.3) is 0 Å². The summed E-state index contributed by atoms with van der Waals surface area (Å²) in [6.07, 6.45) is 2.47. The van der Waals surface area contributed by atoms with Gasteiger partial charge in [0, 0.05) is 18.1 Å². The van der Waals surface area contributed by atoms with E-state index >= 15 is 0 Å². The Morgan fingerprint density at radius 3 is 2.65 bits per heavy atom. The highest BCUT2D eigenvalue weighted by atomic mass is 35.5. The van der Waals surface area contributed by atoms with Crippen molar-refractivity contribution in [3.05, 3.63) is 47.1 Å². The van der Waals surface area contributed by atoms with Crippen LogP contribution in [-0.4, -0.2) is 11.6 Å². The fourth-order valence-corrected chi connectivity index (χ4v) is 2.05. The number of aromatic nitrogens is 1. The molecule has 0 radical (unpaired) electrons. The van der Waals surface area contributed by atoms with E-state index in [-0.39, 0.29) is 0 Å². The van der Waals surface area contributed by atoms with E-state index in [4.69, 9.17) is 32.7 Å². The number of para-hydroxylation sites is 2. The van der Waals surface area contributed by atoms with Crippen molar-refractivity contribution in [1.29, 1.82) is 0 Å². The lowest BCUT2D eigenvalue weighted by atomic mass is 10.3. The second-order valence-electron chi connectivity index (χ2n) is 4.14. The molecule has 106 valence electrons. The van der Waals surface area contributed by atoms with Crippen LogP contribution in [-0.2, 0) is 5.88 Å². The quantitative estimate of drug-likeness (QED) is 0.699. The molecule has 0 saturated carbocycles. The molecule has 0 N–H and O–H groups in total. The minimum atomic E-state index is 0.311. The molecular formula is C15H15Cl2NO2. The molecular weight excluding hydrogens is 297 g/mol. The molecule has 2 rings (SSSR count). The van der Waals surface area contributed by atoms with Crippen LogP contribution < -0.4 is 9.47 Å². The first-order valence-corrected chi connectivity index (χ1v) is 7.26. The lowest BCUT2D eigenvalue weighted by molar-refractivity contribution is 0.301. The van der Waals surface area contributed by atoms with Crippen molar-refractivity contribution in [2.45, 2.75) is 19.2 Å². The summed E-state index contributed by atoms with van der Waals surface area (Å²) in [5.41, 5.74) is 0.783. The largest absolute Gasteiger partial charge is 0.490 e. The predicted molar refractivity (Wildman–Crippen MR) is 81.1 cm³/mol. The second-order valence-corrected chi connectivity index (χ2v) is 4.82. The van der Waals surface area contributed by atoms with Crippen molar-refractivity contribution in [2.24, 2.45) is 0 Å². The summed E-state index contributed by atoms with van der Waals surface area (Å²) in [4.78, 5) is 4.14. The number of benzene rings is 1. The molecule has 1 aromatic carbocycles. The van der Waals surface area contributed by atoms with Crippen LogP contribution >= 0.6 is 23.2 Å². The van der Waals surface area contributed by atoms with Gasteiger partial charge in [-0.25, -0.2) is 4.98 Å². The van der Waals surface area contributed by atoms with Crippen molar-refractivity contribution in [3.63, 3.8) is 0 Å². The highest BCUT2D eigenvalue weighted by Gasteiger charge is 2.08. The number of rotatable bonds is 6. The maximum atomic E-state index is 5.97. The summed E-state index contributed by atoms with van der Waals surface area (Å²) in [6, 6.07) is 9.21. The first-order valence-electron chi connectivity index (χ1n) is 6.34. The third-order valence-corrected chi connectivity index (χ3v) is 3.21. The number of hydrogen-bond donors (Lipinski definition) is 0. The van der Waals surface area contributed by atoms with Gasteiger partial charge < -0.3 is 9.47 Å². The SMILES string of the molecule is CCCOc1ccccc1Oc1cc(CCl)c(Cl)cn1. The first kappa shape index (κ1) is 14.9. The third kappa shape index (κ3) is 3.78. The normalized spacial score (nSPS) is 10.3. The van der Waals surface area contributed by atoms with Crippen LogP contribution in [0.15, 0.2) is 36.5 Å². The minimum absolute atomic E-state index is 0.311. The van der Waals surface area contributed by atoms with E-state index < -0.39 is 0 Å². The molecule has 0 unspecified atom stereocenters. The van der Waals surface area contributed by atoms with Crippen molar-refractivity contribution in [1.82, 2.24) is 4.98 Å². The van der Waals surface area contributed by atoms with Crippen LogP contribution in [0.2, 0.25) is 5.02 Å². The smallest absolute Gasteiger partial charge is 0.219 e. The lowest BCUT2D eigenvalue weighted by Gasteiger charge is -2.11. The number of pyridine rings is 1. The van der Waals surface area contributed by atoms with E-state index in [0.717, 1.165) is 12.0 Å². The fourth-order valence-electron chi connectivity index (χ4n) is 1.60. The molecule has 0 spiro atoms. The van der Waals surface area contributed by atoms with Gasteiger partial charge in [0.15, 0.2) is 11.5 Å². The Kier molecular flexibility index (Phi) is 5.50. The van der Waals surface area contributed by atoms with Crippen LogP contribution in [0.1, 0.15) is 18.9 Å². The molecule has 0 amide bonds. The maximum absolute atomic E-state index is 5.97. The van der Waals surface area contributed by atoms with E-state index in [0.29, 0.717) is 34.9 Å². The predicted octanol–water partition coefficient (Wildman–Crippen LogP) is 5.05. The average Bonchev–Trinajstić information content (AvgIpc) is 2.48. The zero-order chi connectivity index (χ0) is 14.4. The molecule has 0 aliphatic heterocycles. The van der Waals surface area contributed by atoms with Gasteiger partial charge in [-0.3, -0.25) is 0 Å². The highest BCUT2D eigenvalue weighted by molar-refractivity contribution is 6.32. The zero-order valence-corrected chi connectivity index (χ0v) is 12.6. The molecule has 0 saturated heterocycles. The zero-order valence-electron chi connectivity index (χ0n) is 11.1. The van der Waals surface area contributed by atoms with Gasteiger partial charge in [0.2, 0.25) is 5.88 Å². The Morgan fingerprint density at radius 2 is 1.95 bits per heavy atom. The Labute approximate surface area is 128 Å². The summed E-state index contributed by atoms with van der Waals surface area (Å²) in [5, 5.41) is 0.530. The number of ether oxygens (including phenoxy) is 2. The van der Waals surface area contributed by atoms with Gasteiger partial charge in [-0.1, -0.05) is 30.7 Å². The number of halogens is 2. The van der Waals surface area contributed by atoms with E-state index in [1.54, 1.807) is 6.07 Å². The fraction of sp³-hybridized carbons (Fsp3) is 0.267. The Hall–Kier alpha value is -1.45. The second kappa shape index (κ2) is 7.36. The highest BCUT2D eigenvalue weighted by Crippen LogP contribution is 2.31. The first-order chi connectivity index (χ1) is 9.74. The van der Waals surface area contributed by atoms with Gasteiger partial charge in [0.25, 0.3) is 0 Å². The Bertz CT molecular complexity index is 576. The monoisotopic (exact) mass is 311 g/mol. The van der Waals surface area contributed by atoms with E-state index in [1.807, 2.05) is 24.3 Å². The summed E-state index contributed by atoms with van der Waals surface area (Å²) in [5.74, 6) is 2.07. The van der Waals surface area contributed by atoms with Crippen LogP contribution in [0.5, 0.6) is 17.4 Å². The molecule has 0 atom stereocenters. The number of hydrogen-bond acceptors (Lipinski definition) is 3. The third-order valence-electron chi connectivity index (χ3n) is 2.58. The van der Waals surface area contributed by atoms with Gasteiger partial charge in [-0.05, 0) is 24.1 Å². The minimum Gasteiger partial charge on any atom is -0.490 e. The summed E-state index contributed by atoms with van der Waals surface area (Å²) >= 11 is 11.8. The van der Waals surface area contributed by atoms with E-state index in [9.17, 15) is 0 Å². The molecule has 2 aromatic rings. The molecule has 0 bridgehead atoms. The van der Waals surface area contributed by atoms with E-state index in [2.05, 4.69) is 11.9 Å². The van der Waals surface area contributed by atoms with Gasteiger partial charge in [-0.2, -0.15) is 0 Å². The number of nitrogens with zero attached hydrogens (tertiary/aromatic N) is 1. The standard InChI is InChI=1S/C15H15Cl2NO2/c1-2-7-19-13-5-3-4-6-14(13)20-15-8-11(9-16)12(17)10-18-15/h3-6,8,10H,2,7,9H2,1H3. The topological polar surface area (TPSA) is 31.4 Å². The molecule has 1 heterocycles. The van der Waals surface area contributed by atoms with Crippen molar-refractivity contribution in [3.8, 4) is 17.4 Å². The van der Waals surface area contributed by atoms with Crippen molar-refractivity contribution < 1.29 is 9.47 Å². The molecule has 20 heavy (non-hydrogen) atoms.